The molecule has 0 aromatic heterocycles. The Balaban J connectivity index is 1.40. The lowest BCUT2D eigenvalue weighted by Crippen LogP contribution is -2.45. The molecule has 1 aromatic rings. The molecule has 0 spiro atoms. The summed E-state index contributed by atoms with van der Waals surface area (Å²) in [6.45, 7) is 2.18. The number of hydrogen-bond acceptors (Lipinski definition) is 2. The highest BCUT2D eigenvalue weighted by molar-refractivity contribution is 5.89. The van der Waals surface area contributed by atoms with Crippen LogP contribution in [-0.4, -0.2) is 11.6 Å². The topological polar surface area (TPSA) is 26.3 Å². The highest BCUT2D eigenvalue weighted by atomic mass is 16.6. The summed E-state index contributed by atoms with van der Waals surface area (Å²) in [5, 5.41) is 0. The van der Waals surface area contributed by atoms with E-state index in [4.69, 9.17) is 4.74 Å². The summed E-state index contributed by atoms with van der Waals surface area (Å²) >= 11 is 0. The van der Waals surface area contributed by atoms with Crippen molar-refractivity contribution in [3.63, 3.8) is 0 Å². The number of allylic oxidation sites excluding steroid dienone is 2. The third-order valence-corrected chi connectivity index (χ3v) is 6.94. The van der Waals surface area contributed by atoms with Crippen LogP contribution < -0.4 is 0 Å². The van der Waals surface area contributed by atoms with Gasteiger partial charge < -0.3 is 4.74 Å². The molecule has 2 heteroatoms. The van der Waals surface area contributed by atoms with Gasteiger partial charge >= 0.3 is 5.97 Å². The second-order valence-corrected chi connectivity index (χ2v) is 7.98. The van der Waals surface area contributed by atoms with Crippen molar-refractivity contribution in [3.8, 4) is 0 Å². The van der Waals surface area contributed by atoms with Gasteiger partial charge in [0, 0.05) is 5.92 Å². The van der Waals surface area contributed by atoms with E-state index >= 15 is 0 Å². The standard InChI is InChI=1S/C20H22O2/c1-20(22-19(21)12-5-3-2-4-6-12)11-15-10-16(20)18-14-8-7-13(9-14)17(15)18/h2-8,13-18H,9-11H2,1H3. The van der Waals surface area contributed by atoms with Crippen LogP contribution in [0.3, 0.4) is 0 Å². The molecule has 0 radical (unpaired) electrons. The van der Waals surface area contributed by atoms with Crippen molar-refractivity contribution < 1.29 is 9.53 Å². The molecule has 7 unspecified atom stereocenters. The van der Waals surface area contributed by atoms with E-state index < -0.39 is 0 Å². The average Bonchev–Trinajstić information content (AvgIpc) is 3.25. The van der Waals surface area contributed by atoms with E-state index in [0.29, 0.717) is 11.5 Å². The molecule has 3 fully saturated rings. The van der Waals surface area contributed by atoms with Gasteiger partial charge in [-0.15, -0.1) is 0 Å². The molecule has 2 nitrogen and oxygen atoms in total. The number of benzene rings is 1. The van der Waals surface area contributed by atoms with Crippen LogP contribution in [0.25, 0.3) is 0 Å². The van der Waals surface area contributed by atoms with E-state index in [1.165, 1.54) is 12.8 Å². The lowest BCUT2D eigenvalue weighted by molar-refractivity contribution is -0.0637. The number of hydrogen-bond donors (Lipinski definition) is 0. The van der Waals surface area contributed by atoms with Crippen molar-refractivity contribution in [3.05, 3.63) is 48.0 Å². The number of carbonyl (C=O) groups is 1. The smallest absolute Gasteiger partial charge is 0.338 e. The fraction of sp³-hybridized carbons (Fsp3) is 0.550. The second kappa shape index (κ2) is 4.24. The van der Waals surface area contributed by atoms with Crippen LogP contribution in [-0.2, 0) is 4.74 Å². The Morgan fingerprint density at radius 1 is 1.09 bits per heavy atom. The van der Waals surface area contributed by atoms with Gasteiger partial charge in [-0.3, -0.25) is 0 Å². The quantitative estimate of drug-likeness (QED) is 0.467. The third-order valence-electron chi connectivity index (χ3n) is 6.94. The number of ether oxygens (including phenoxy) is 1. The Morgan fingerprint density at radius 3 is 2.59 bits per heavy atom. The molecule has 0 heterocycles. The first-order valence-corrected chi connectivity index (χ1v) is 8.62. The monoisotopic (exact) mass is 294 g/mol. The molecule has 22 heavy (non-hydrogen) atoms. The molecule has 0 aliphatic heterocycles. The Labute approximate surface area is 131 Å². The Kier molecular flexibility index (Phi) is 2.49. The van der Waals surface area contributed by atoms with Crippen molar-refractivity contribution >= 4 is 5.97 Å². The summed E-state index contributed by atoms with van der Waals surface area (Å²) in [5.41, 5.74) is 0.424. The van der Waals surface area contributed by atoms with Crippen LogP contribution in [0, 0.1) is 35.5 Å². The minimum atomic E-state index is -0.253. The molecule has 7 atom stereocenters. The minimum Gasteiger partial charge on any atom is -0.455 e. The van der Waals surface area contributed by atoms with Gasteiger partial charge in [0.05, 0.1) is 5.56 Å². The molecule has 0 N–H and O–H groups in total. The van der Waals surface area contributed by atoms with Gasteiger partial charge in [-0.05, 0) is 67.9 Å². The maximum absolute atomic E-state index is 12.5. The second-order valence-electron chi connectivity index (χ2n) is 7.98. The van der Waals surface area contributed by atoms with Crippen LogP contribution in [0.15, 0.2) is 42.5 Å². The van der Waals surface area contributed by atoms with Gasteiger partial charge in [-0.2, -0.15) is 0 Å². The summed E-state index contributed by atoms with van der Waals surface area (Å²) in [6.07, 6.45) is 8.58. The molecule has 4 bridgehead atoms. The predicted molar refractivity (Wildman–Crippen MR) is 84.2 cm³/mol. The maximum Gasteiger partial charge on any atom is 0.338 e. The summed E-state index contributed by atoms with van der Waals surface area (Å²) < 4.78 is 6.07. The maximum atomic E-state index is 12.5. The summed E-state index contributed by atoms with van der Waals surface area (Å²) in [4.78, 5) is 12.5. The highest BCUT2D eigenvalue weighted by Crippen LogP contribution is 2.68. The molecular formula is C20H22O2. The van der Waals surface area contributed by atoms with Crippen LogP contribution in [0.1, 0.15) is 36.5 Å². The predicted octanol–water partition coefficient (Wildman–Crippen LogP) is 4.08. The van der Waals surface area contributed by atoms with E-state index in [-0.39, 0.29) is 11.6 Å². The van der Waals surface area contributed by atoms with Crippen molar-refractivity contribution in [2.24, 2.45) is 35.5 Å². The molecule has 0 saturated heterocycles. The van der Waals surface area contributed by atoms with E-state index in [0.717, 1.165) is 36.0 Å². The SMILES string of the molecule is CC1(OC(=O)c2ccccc2)CC2CC1C1C3C=CC(C3)C21. The van der Waals surface area contributed by atoms with Gasteiger partial charge in [0.25, 0.3) is 0 Å². The molecule has 3 saturated carbocycles. The van der Waals surface area contributed by atoms with Crippen molar-refractivity contribution in [2.75, 3.05) is 0 Å². The molecule has 4 aliphatic rings. The molecule has 1 aromatic carbocycles. The first kappa shape index (κ1) is 12.9. The molecule has 0 amide bonds. The van der Waals surface area contributed by atoms with Crippen molar-refractivity contribution in [2.45, 2.75) is 31.8 Å². The fourth-order valence-electron chi connectivity index (χ4n) is 6.28. The minimum absolute atomic E-state index is 0.147. The molecule has 5 rings (SSSR count). The van der Waals surface area contributed by atoms with Gasteiger partial charge in [-0.1, -0.05) is 30.4 Å². The number of fused-ring (bicyclic) bond motifs is 9. The van der Waals surface area contributed by atoms with Crippen molar-refractivity contribution in [1.82, 2.24) is 0 Å². The normalized spacial score (nSPS) is 47.0. The summed E-state index contributed by atoms with van der Waals surface area (Å²) in [6, 6.07) is 9.43. The lowest BCUT2D eigenvalue weighted by atomic mass is 9.68. The first-order valence-electron chi connectivity index (χ1n) is 8.62. The zero-order chi connectivity index (χ0) is 14.9. The van der Waals surface area contributed by atoms with Gasteiger partial charge in [0.1, 0.15) is 5.60 Å². The number of carbonyl (C=O) groups excluding carboxylic acids is 1. The van der Waals surface area contributed by atoms with Gasteiger partial charge in [0.2, 0.25) is 0 Å². The number of rotatable bonds is 2. The fourth-order valence-corrected chi connectivity index (χ4v) is 6.28. The van der Waals surface area contributed by atoms with E-state index in [1.807, 2.05) is 30.3 Å². The van der Waals surface area contributed by atoms with Crippen LogP contribution in [0.2, 0.25) is 0 Å². The molecule has 4 aliphatic carbocycles. The lowest BCUT2D eigenvalue weighted by Gasteiger charge is -2.42. The highest BCUT2D eigenvalue weighted by Gasteiger charge is 2.66. The average molecular weight is 294 g/mol. The molecule has 114 valence electrons. The third kappa shape index (κ3) is 1.59. The van der Waals surface area contributed by atoms with E-state index in [1.54, 1.807) is 0 Å². The van der Waals surface area contributed by atoms with Crippen LogP contribution >= 0.6 is 0 Å². The summed E-state index contributed by atoms with van der Waals surface area (Å²) in [7, 11) is 0. The zero-order valence-corrected chi connectivity index (χ0v) is 12.9. The Hall–Kier alpha value is -1.57. The van der Waals surface area contributed by atoms with Crippen molar-refractivity contribution in [1.29, 1.82) is 0 Å². The van der Waals surface area contributed by atoms with E-state index in [9.17, 15) is 4.79 Å². The van der Waals surface area contributed by atoms with E-state index in [2.05, 4.69) is 19.1 Å². The van der Waals surface area contributed by atoms with Crippen LogP contribution in [0.5, 0.6) is 0 Å². The van der Waals surface area contributed by atoms with Crippen LogP contribution in [0.4, 0.5) is 0 Å². The molecular weight excluding hydrogens is 272 g/mol. The van der Waals surface area contributed by atoms with Gasteiger partial charge in [-0.25, -0.2) is 4.79 Å². The Bertz CT molecular complexity index is 649. The number of esters is 1. The largest absolute Gasteiger partial charge is 0.455 e. The summed E-state index contributed by atoms with van der Waals surface area (Å²) in [5.74, 6) is 4.40. The Morgan fingerprint density at radius 2 is 1.82 bits per heavy atom. The zero-order valence-electron chi connectivity index (χ0n) is 12.9. The first-order chi connectivity index (χ1) is 10.7. The van der Waals surface area contributed by atoms with Gasteiger partial charge in [0.15, 0.2) is 0 Å².